The molecule has 0 saturated carbocycles. The van der Waals surface area contributed by atoms with Crippen molar-refractivity contribution >= 4 is 33.3 Å². The van der Waals surface area contributed by atoms with Crippen molar-refractivity contribution in [1.82, 2.24) is 30.3 Å². The van der Waals surface area contributed by atoms with Gasteiger partial charge in [-0.2, -0.15) is 9.90 Å². The van der Waals surface area contributed by atoms with Crippen LogP contribution < -0.4 is 10.2 Å². The topological polar surface area (TPSA) is 88.8 Å². The highest BCUT2D eigenvalue weighted by Crippen LogP contribution is 2.30. The quantitative estimate of drug-likeness (QED) is 0.584. The largest absolute Gasteiger partial charge is 0.351 e. The molecular formula is C18H15N7OS. The highest BCUT2D eigenvalue weighted by atomic mass is 32.1. The van der Waals surface area contributed by atoms with Gasteiger partial charge in [0.2, 0.25) is 0 Å². The zero-order valence-corrected chi connectivity index (χ0v) is 15.0. The number of nitrogens with one attached hydrogen (secondary N) is 1. The normalized spacial score (nSPS) is 14.3. The Hall–Kier alpha value is -3.33. The summed E-state index contributed by atoms with van der Waals surface area (Å²) < 4.78 is 1.08. The van der Waals surface area contributed by atoms with Gasteiger partial charge in [-0.15, -0.1) is 16.4 Å². The summed E-state index contributed by atoms with van der Waals surface area (Å²) in [5, 5.41) is 13.4. The van der Waals surface area contributed by atoms with E-state index in [1.807, 2.05) is 41.8 Å². The molecule has 134 valence electrons. The summed E-state index contributed by atoms with van der Waals surface area (Å²) in [6.07, 6.45) is 3.07. The Balaban J connectivity index is 1.23. The van der Waals surface area contributed by atoms with Crippen molar-refractivity contribution < 1.29 is 4.79 Å². The highest BCUT2D eigenvalue weighted by Gasteiger charge is 2.31. The van der Waals surface area contributed by atoms with Gasteiger partial charge in [0.1, 0.15) is 12.1 Å². The summed E-state index contributed by atoms with van der Waals surface area (Å²) in [4.78, 5) is 24.7. The number of carbonyl (C=O) groups excluding carboxylic acids is 1. The van der Waals surface area contributed by atoms with Crippen molar-refractivity contribution in [1.29, 1.82) is 0 Å². The average molecular weight is 377 g/mol. The first-order valence-corrected chi connectivity index (χ1v) is 9.38. The molecule has 4 aromatic rings. The van der Waals surface area contributed by atoms with Gasteiger partial charge in [-0.05, 0) is 23.6 Å². The average Bonchev–Trinajstić information content (AvgIpc) is 3.34. The first kappa shape index (κ1) is 15.9. The Morgan fingerprint density at radius 3 is 2.85 bits per heavy atom. The fourth-order valence-electron chi connectivity index (χ4n) is 3.06. The molecule has 0 spiro atoms. The molecule has 3 aromatic heterocycles. The first-order chi connectivity index (χ1) is 13.3. The molecule has 0 radical (unpaired) electrons. The molecule has 0 bridgehead atoms. The van der Waals surface area contributed by atoms with Gasteiger partial charge in [0.25, 0.3) is 5.91 Å². The lowest BCUT2D eigenvalue weighted by atomic mass is 10.1. The zero-order chi connectivity index (χ0) is 18.2. The van der Waals surface area contributed by atoms with Gasteiger partial charge in [-0.3, -0.25) is 4.79 Å². The van der Waals surface area contributed by atoms with Gasteiger partial charge in [0.15, 0.2) is 5.69 Å². The van der Waals surface area contributed by atoms with Crippen LogP contribution in [0.2, 0.25) is 0 Å². The molecule has 5 rings (SSSR count). The minimum Gasteiger partial charge on any atom is -0.351 e. The van der Waals surface area contributed by atoms with E-state index in [0.29, 0.717) is 18.8 Å². The van der Waals surface area contributed by atoms with Crippen LogP contribution in [0.15, 0.2) is 54.3 Å². The molecule has 1 amide bonds. The Labute approximate surface area is 158 Å². The lowest BCUT2D eigenvalue weighted by Crippen LogP contribution is -2.59. The number of aromatic nitrogens is 5. The second kappa shape index (κ2) is 6.44. The van der Waals surface area contributed by atoms with Crippen molar-refractivity contribution in [3.05, 3.63) is 60.0 Å². The maximum absolute atomic E-state index is 12.4. The van der Waals surface area contributed by atoms with Crippen molar-refractivity contribution in [2.75, 3.05) is 18.0 Å². The summed E-state index contributed by atoms with van der Waals surface area (Å²) in [5.74, 6) is 0.710. The van der Waals surface area contributed by atoms with Crippen LogP contribution >= 0.6 is 11.3 Å². The number of carbonyl (C=O) groups is 1. The number of rotatable bonds is 4. The molecule has 9 heteroatoms. The molecule has 0 aliphatic carbocycles. The third-order valence-electron chi connectivity index (χ3n) is 4.45. The molecule has 1 fully saturated rings. The van der Waals surface area contributed by atoms with Crippen LogP contribution in [-0.2, 0) is 0 Å². The smallest absolute Gasteiger partial charge is 0.273 e. The number of para-hydroxylation sites is 1. The molecule has 8 nitrogen and oxygen atoms in total. The molecule has 1 aromatic carbocycles. The van der Waals surface area contributed by atoms with E-state index in [1.54, 1.807) is 17.7 Å². The zero-order valence-electron chi connectivity index (χ0n) is 14.2. The fraction of sp³-hybridized carbons (Fsp3) is 0.167. The first-order valence-electron chi connectivity index (χ1n) is 8.50. The molecule has 4 heterocycles. The maximum Gasteiger partial charge on any atom is 0.273 e. The molecule has 1 saturated heterocycles. The summed E-state index contributed by atoms with van der Waals surface area (Å²) in [7, 11) is 0. The van der Waals surface area contributed by atoms with Crippen LogP contribution in [0.25, 0.3) is 15.9 Å². The number of hydrogen-bond acceptors (Lipinski definition) is 7. The number of benzene rings is 1. The van der Waals surface area contributed by atoms with Crippen LogP contribution in [0.4, 0.5) is 5.82 Å². The van der Waals surface area contributed by atoms with Gasteiger partial charge in [0, 0.05) is 13.1 Å². The second-order valence-corrected chi connectivity index (χ2v) is 7.18. The van der Waals surface area contributed by atoms with Crippen molar-refractivity contribution in [3.8, 4) is 5.69 Å². The van der Waals surface area contributed by atoms with Crippen LogP contribution in [0, 0.1) is 0 Å². The van der Waals surface area contributed by atoms with E-state index in [2.05, 4.69) is 30.4 Å². The van der Waals surface area contributed by atoms with Crippen LogP contribution in [-0.4, -0.2) is 50.0 Å². The number of nitrogens with zero attached hydrogens (tertiary/aromatic N) is 6. The van der Waals surface area contributed by atoms with Crippen LogP contribution in [0.1, 0.15) is 10.5 Å². The molecule has 1 N–H and O–H groups in total. The Morgan fingerprint density at radius 1 is 1.15 bits per heavy atom. The SMILES string of the molecule is O=C(NC1CN(c2ncnc3ccsc23)C1)c1cnn(-c2ccccc2)n1. The van der Waals surface area contributed by atoms with E-state index in [1.165, 1.54) is 11.0 Å². The van der Waals surface area contributed by atoms with Gasteiger partial charge >= 0.3 is 0 Å². The third kappa shape index (κ3) is 2.91. The Bertz CT molecular complexity index is 1100. The molecule has 1 aliphatic rings. The van der Waals surface area contributed by atoms with Gasteiger partial charge in [0.05, 0.1) is 28.1 Å². The Morgan fingerprint density at radius 2 is 2.00 bits per heavy atom. The number of hydrogen-bond donors (Lipinski definition) is 1. The lowest BCUT2D eigenvalue weighted by Gasteiger charge is -2.40. The minimum absolute atomic E-state index is 0.0596. The predicted molar refractivity (Wildman–Crippen MR) is 102 cm³/mol. The van der Waals surface area contributed by atoms with Gasteiger partial charge < -0.3 is 10.2 Å². The van der Waals surface area contributed by atoms with E-state index >= 15 is 0 Å². The van der Waals surface area contributed by atoms with E-state index in [9.17, 15) is 4.79 Å². The van der Waals surface area contributed by atoms with Gasteiger partial charge in [-0.1, -0.05) is 18.2 Å². The molecule has 0 atom stereocenters. The number of anilines is 1. The van der Waals surface area contributed by atoms with Crippen molar-refractivity contribution in [2.45, 2.75) is 6.04 Å². The molecule has 0 unspecified atom stereocenters. The third-order valence-corrected chi connectivity index (χ3v) is 5.35. The molecular weight excluding hydrogens is 362 g/mol. The van der Waals surface area contributed by atoms with Crippen LogP contribution in [0.3, 0.4) is 0 Å². The summed E-state index contributed by atoms with van der Waals surface area (Å²) in [6.45, 7) is 1.42. The van der Waals surface area contributed by atoms with E-state index in [0.717, 1.165) is 21.7 Å². The Kier molecular flexibility index (Phi) is 3.79. The fourth-order valence-corrected chi connectivity index (χ4v) is 3.92. The highest BCUT2D eigenvalue weighted by molar-refractivity contribution is 7.17. The van der Waals surface area contributed by atoms with E-state index in [-0.39, 0.29) is 11.9 Å². The van der Waals surface area contributed by atoms with Crippen molar-refractivity contribution in [3.63, 3.8) is 0 Å². The standard InChI is InChI=1S/C18H15N7OS/c26-18(15-8-21-25(23-15)13-4-2-1-3-5-13)22-12-9-24(10-12)17-16-14(6-7-27-16)19-11-20-17/h1-8,11-12H,9-10H2,(H,22,26). The molecule has 27 heavy (non-hydrogen) atoms. The summed E-state index contributed by atoms with van der Waals surface area (Å²) in [5.41, 5.74) is 2.07. The number of fused-ring (bicyclic) bond motifs is 1. The monoisotopic (exact) mass is 377 g/mol. The lowest BCUT2D eigenvalue weighted by molar-refractivity contribution is 0.0924. The predicted octanol–water partition coefficient (Wildman–Crippen LogP) is 1.89. The summed E-state index contributed by atoms with van der Waals surface area (Å²) >= 11 is 1.63. The van der Waals surface area contributed by atoms with Crippen molar-refractivity contribution in [2.24, 2.45) is 0 Å². The minimum atomic E-state index is -0.217. The van der Waals surface area contributed by atoms with Crippen LogP contribution in [0.5, 0.6) is 0 Å². The van der Waals surface area contributed by atoms with Gasteiger partial charge in [-0.25, -0.2) is 9.97 Å². The summed E-state index contributed by atoms with van der Waals surface area (Å²) in [6, 6.07) is 11.5. The van der Waals surface area contributed by atoms with E-state index < -0.39 is 0 Å². The number of amides is 1. The number of thiophene rings is 1. The van der Waals surface area contributed by atoms with E-state index in [4.69, 9.17) is 0 Å². The maximum atomic E-state index is 12.4. The molecule has 1 aliphatic heterocycles. The second-order valence-electron chi connectivity index (χ2n) is 6.26.